The van der Waals surface area contributed by atoms with Gasteiger partial charge in [-0.25, -0.2) is 0 Å². The summed E-state index contributed by atoms with van der Waals surface area (Å²) in [5.74, 6) is 0.515. The highest BCUT2D eigenvalue weighted by atomic mass is 16.1. The van der Waals surface area contributed by atoms with E-state index in [1.807, 2.05) is 13.2 Å². The monoisotopic (exact) mass is 164 g/mol. The van der Waals surface area contributed by atoms with Gasteiger partial charge in [-0.1, -0.05) is 0 Å². The number of aryl methyl sites for hydroxylation is 1. The van der Waals surface area contributed by atoms with Crippen LogP contribution in [0.1, 0.15) is 30.7 Å². The summed E-state index contributed by atoms with van der Waals surface area (Å²) in [5.41, 5.74) is 1.08. The van der Waals surface area contributed by atoms with Crippen molar-refractivity contribution in [2.45, 2.75) is 25.2 Å². The maximum atomic E-state index is 11.3. The second-order valence-electron chi connectivity index (χ2n) is 3.36. The third-order valence-electron chi connectivity index (χ3n) is 2.43. The van der Waals surface area contributed by atoms with Gasteiger partial charge in [0.1, 0.15) is 5.78 Å². The summed E-state index contributed by atoms with van der Waals surface area (Å²) < 4.78 is 1.75. The fourth-order valence-electron chi connectivity index (χ4n) is 1.79. The van der Waals surface area contributed by atoms with Crippen LogP contribution in [0.2, 0.25) is 0 Å². The zero-order valence-electron chi connectivity index (χ0n) is 7.16. The molecular formula is C9H12N2O. The van der Waals surface area contributed by atoms with E-state index in [1.165, 1.54) is 0 Å². The van der Waals surface area contributed by atoms with Crippen molar-refractivity contribution in [3.05, 3.63) is 18.0 Å². The van der Waals surface area contributed by atoms with Crippen molar-refractivity contribution in [1.82, 2.24) is 9.78 Å². The van der Waals surface area contributed by atoms with Crippen molar-refractivity contribution in [2.24, 2.45) is 7.05 Å². The first-order valence-electron chi connectivity index (χ1n) is 4.28. The van der Waals surface area contributed by atoms with Gasteiger partial charge in [-0.2, -0.15) is 5.10 Å². The molecule has 2 rings (SSSR count). The second-order valence-corrected chi connectivity index (χ2v) is 3.36. The molecule has 0 aliphatic heterocycles. The fraction of sp³-hybridized carbons (Fsp3) is 0.556. The largest absolute Gasteiger partial charge is 0.299 e. The summed E-state index contributed by atoms with van der Waals surface area (Å²) in [6.07, 6.45) is 6.53. The van der Waals surface area contributed by atoms with Gasteiger partial charge in [0, 0.05) is 31.1 Å². The van der Waals surface area contributed by atoms with E-state index in [0.717, 1.165) is 24.8 Å². The van der Waals surface area contributed by atoms with Crippen LogP contribution in [0.15, 0.2) is 12.4 Å². The molecule has 3 heteroatoms. The molecule has 64 valence electrons. The van der Waals surface area contributed by atoms with Gasteiger partial charge in [-0.3, -0.25) is 9.48 Å². The van der Waals surface area contributed by atoms with Gasteiger partial charge in [0.25, 0.3) is 0 Å². The lowest BCUT2D eigenvalue weighted by molar-refractivity contribution is -0.118. The Morgan fingerprint density at radius 2 is 2.50 bits per heavy atom. The lowest BCUT2D eigenvalue weighted by Gasteiger charge is -2.01. The summed E-state index contributed by atoms with van der Waals surface area (Å²) in [6, 6.07) is 0. The Labute approximate surface area is 71.4 Å². The molecule has 1 aliphatic rings. The van der Waals surface area contributed by atoms with Gasteiger partial charge in [0.15, 0.2) is 0 Å². The SMILES string of the molecule is Cn1cc(C2CCCC2=O)cn1. The Bertz CT molecular complexity index is 303. The first-order chi connectivity index (χ1) is 5.77. The normalized spacial score (nSPS) is 23.4. The van der Waals surface area contributed by atoms with Crippen LogP contribution in [0.5, 0.6) is 0 Å². The van der Waals surface area contributed by atoms with Crippen molar-refractivity contribution in [3.63, 3.8) is 0 Å². The Hall–Kier alpha value is -1.12. The standard InChI is InChI=1S/C9H12N2O/c1-11-6-7(5-10-11)8-3-2-4-9(8)12/h5-6,8H,2-4H2,1H3. The Balaban J connectivity index is 2.24. The van der Waals surface area contributed by atoms with Gasteiger partial charge >= 0.3 is 0 Å². The molecule has 0 spiro atoms. The zero-order chi connectivity index (χ0) is 8.55. The number of nitrogens with zero attached hydrogens (tertiary/aromatic N) is 2. The van der Waals surface area contributed by atoms with Crippen LogP contribution in [-0.4, -0.2) is 15.6 Å². The molecule has 1 aromatic rings. The first kappa shape index (κ1) is 7.53. The summed E-state index contributed by atoms with van der Waals surface area (Å²) in [7, 11) is 1.88. The molecule has 0 aromatic carbocycles. The van der Waals surface area contributed by atoms with Crippen LogP contribution in [0.4, 0.5) is 0 Å². The second kappa shape index (κ2) is 2.73. The number of hydrogen-bond acceptors (Lipinski definition) is 2. The third kappa shape index (κ3) is 1.15. The lowest BCUT2D eigenvalue weighted by atomic mass is 10.0. The molecule has 3 nitrogen and oxygen atoms in total. The Morgan fingerprint density at radius 3 is 3.00 bits per heavy atom. The minimum Gasteiger partial charge on any atom is -0.299 e. The molecular weight excluding hydrogens is 152 g/mol. The Kier molecular flexibility index (Phi) is 1.71. The predicted molar refractivity (Wildman–Crippen MR) is 44.8 cm³/mol. The zero-order valence-corrected chi connectivity index (χ0v) is 7.16. The Morgan fingerprint density at radius 1 is 1.67 bits per heavy atom. The van der Waals surface area contributed by atoms with Crippen LogP contribution < -0.4 is 0 Å². The molecule has 12 heavy (non-hydrogen) atoms. The molecule has 1 fully saturated rings. The van der Waals surface area contributed by atoms with E-state index in [2.05, 4.69) is 5.10 Å². The highest BCUT2D eigenvalue weighted by Crippen LogP contribution is 2.30. The van der Waals surface area contributed by atoms with Crippen LogP contribution in [0.25, 0.3) is 0 Å². The molecule has 1 aromatic heterocycles. The van der Waals surface area contributed by atoms with E-state index in [4.69, 9.17) is 0 Å². The van der Waals surface area contributed by atoms with Gasteiger partial charge in [0.2, 0.25) is 0 Å². The maximum absolute atomic E-state index is 11.3. The average molecular weight is 164 g/mol. The summed E-state index contributed by atoms with van der Waals surface area (Å²) in [5, 5.41) is 4.06. The van der Waals surface area contributed by atoms with E-state index in [9.17, 15) is 4.79 Å². The predicted octanol–water partition coefficient (Wildman–Crippen LogP) is 1.26. The van der Waals surface area contributed by atoms with Crippen molar-refractivity contribution in [2.75, 3.05) is 0 Å². The third-order valence-corrected chi connectivity index (χ3v) is 2.43. The molecule has 0 bridgehead atoms. The minimum absolute atomic E-state index is 0.138. The average Bonchev–Trinajstić information content (AvgIpc) is 2.58. The minimum atomic E-state index is 0.138. The molecule has 1 aliphatic carbocycles. The smallest absolute Gasteiger partial charge is 0.140 e. The molecule has 0 radical (unpaired) electrons. The molecule has 0 saturated heterocycles. The van der Waals surface area contributed by atoms with Crippen LogP contribution in [0.3, 0.4) is 0 Å². The number of aromatic nitrogens is 2. The quantitative estimate of drug-likeness (QED) is 0.626. The van der Waals surface area contributed by atoms with E-state index < -0.39 is 0 Å². The van der Waals surface area contributed by atoms with E-state index in [0.29, 0.717) is 5.78 Å². The number of carbonyl (C=O) groups is 1. The molecule has 1 heterocycles. The molecule has 1 atom stereocenters. The molecule has 0 N–H and O–H groups in total. The highest BCUT2D eigenvalue weighted by Gasteiger charge is 2.26. The highest BCUT2D eigenvalue weighted by molar-refractivity contribution is 5.87. The van der Waals surface area contributed by atoms with Gasteiger partial charge < -0.3 is 0 Å². The summed E-state index contributed by atoms with van der Waals surface area (Å²) >= 11 is 0. The van der Waals surface area contributed by atoms with E-state index in [-0.39, 0.29) is 5.92 Å². The number of ketones is 1. The van der Waals surface area contributed by atoms with Gasteiger partial charge in [-0.05, 0) is 12.8 Å². The van der Waals surface area contributed by atoms with Crippen LogP contribution in [0, 0.1) is 0 Å². The number of carbonyl (C=O) groups excluding carboxylic acids is 1. The number of hydrogen-bond donors (Lipinski definition) is 0. The molecule has 0 amide bonds. The van der Waals surface area contributed by atoms with Gasteiger partial charge in [0.05, 0.1) is 6.20 Å². The molecule has 1 unspecified atom stereocenters. The number of rotatable bonds is 1. The molecule has 1 saturated carbocycles. The fourth-order valence-corrected chi connectivity index (χ4v) is 1.79. The van der Waals surface area contributed by atoms with Crippen molar-refractivity contribution < 1.29 is 4.79 Å². The van der Waals surface area contributed by atoms with Crippen LogP contribution >= 0.6 is 0 Å². The number of Topliss-reactive ketones (excluding diaryl/α,β-unsaturated/α-hetero) is 1. The van der Waals surface area contributed by atoms with Crippen molar-refractivity contribution in [3.8, 4) is 0 Å². The van der Waals surface area contributed by atoms with Crippen molar-refractivity contribution in [1.29, 1.82) is 0 Å². The topological polar surface area (TPSA) is 34.9 Å². The van der Waals surface area contributed by atoms with Crippen LogP contribution in [-0.2, 0) is 11.8 Å². The van der Waals surface area contributed by atoms with E-state index in [1.54, 1.807) is 10.9 Å². The lowest BCUT2D eigenvalue weighted by Crippen LogP contribution is -2.02. The van der Waals surface area contributed by atoms with Crippen molar-refractivity contribution >= 4 is 5.78 Å². The van der Waals surface area contributed by atoms with Gasteiger partial charge in [-0.15, -0.1) is 0 Å². The first-order valence-corrected chi connectivity index (χ1v) is 4.28. The summed E-state index contributed by atoms with van der Waals surface area (Å²) in [6.45, 7) is 0. The maximum Gasteiger partial charge on any atom is 0.140 e. The summed E-state index contributed by atoms with van der Waals surface area (Å²) in [4.78, 5) is 11.3. The van der Waals surface area contributed by atoms with E-state index >= 15 is 0 Å².